The number of nitrogens with zero attached hydrogens (tertiary/aromatic N) is 2. The molecule has 0 aromatic heterocycles. The standard InChI is InChI=1S/C32H40ClN3O4S/c1-23(2)26-15-17-28(18-16-26)36(41(6,39)40)22-30(37)35(21-25-13-10-14-27(33)19-25)29(31(38)34-32(3,4)5)20-24-11-8-7-9-12-24/h7-19,23,29H,20-22H2,1-6H3,(H,34,38)/t29-/m0/s1. The van der Waals surface area contributed by atoms with E-state index in [0.29, 0.717) is 10.7 Å². The first kappa shape index (κ1) is 32.2. The molecule has 0 heterocycles. The van der Waals surface area contributed by atoms with Crippen molar-refractivity contribution in [2.75, 3.05) is 17.1 Å². The normalized spacial score (nSPS) is 12.6. The van der Waals surface area contributed by atoms with Gasteiger partial charge in [-0.3, -0.25) is 13.9 Å². The van der Waals surface area contributed by atoms with E-state index in [1.165, 1.54) is 4.90 Å². The molecule has 0 unspecified atom stereocenters. The molecule has 0 aliphatic rings. The van der Waals surface area contributed by atoms with Crippen molar-refractivity contribution in [3.8, 4) is 0 Å². The second kappa shape index (κ2) is 13.5. The van der Waals surface area contributed by atoms with Gasteiger partial charge in [-0.15, -0.1) is 0 Å². The van der Waals surface area contributed by atoms with Crippen LogP contribution in [0.1, 0.15) is 57.2 Å². The number of sulfonamides is 1. The maximum Gasteiger partial charge on any atom is 0.244 e. The predicted octanol–water partition coefficient (Wildman–Crippen LogP) is 5.78. The molecule has 3 aromatic rings. The van der Waals surface area contributed by atoms with E-state index in [2.05, 4.69) is 19.2 Å². The number of benzene rings is 3. The van der Waals surface area contributed by atoms with Gasteiger partial charge < -0.3 is 10.2 Å². The van der Waals surface area contributed by atoms with Gasteiger partial charge in [0.2, 0.25) is 21.8 Å². The Morgan fingerprint density at radius 1 is 0.902 bits per heavy atom. The van der Waals surface area contributed by atoms with Gasteiger partial charge in [0.15, 0.2) is 0 Å². The molecular formula is C32H40ClN3O4S. The molecule has 3 aromatic carbocycles. The highest BCUT2D eigenvalue weighted by Gasteiger charge is 2.34. The summed E-state index contributed by atoms with van der Waals surface area (Å²) in [6, 6.07) is 22.8. The van der Waals surface area contributed by atoms with E-state index in [0.717, 1.165) is 27.3 Å². The first-order valence-electron chi connectivity index (χ1n) is 13.6. The molecule has 0 aliphatic carbocycles. The Balaban J connectivity index is 2.06. The van der Waals surface area contributed by atoms with Crippen LogP contribution in [0.5, 0.6) is 0 Å². The van der Waals surface area contributed by atoms with Gasteiger partial charge in [0.05, 0.1) is 11.9 Å². The van der Waals surface area contributed by atoms with Gasteiger partial charge in [0.25, 0.3) is 0 Å². The van der Waals surface area contributed by atoms with Gasteiger partial charge in [0.1, 0.15) is 12.6 Å². The number of hydrogen-bond donors (Lipinski definition) is 1. The molecule has 0 saturated heterocycles. The SMILES string of the molecule is CC(C)c1ccc(N(CC(=O)N(Cc2cccc(Cl)c2)[C@@H](Cc2ccccc2)C(=O)NC(C)(C)C)S(C)(=O)=O)cc1. The molecule has 0 aliphatic heterocycles. The Hall–Kier alpha value is -3.36. The third-order valence-electron chi connectivity index (χ3n) is 6.54. The Morgan fingerprint density at radius 2 is 1.51 bits per heavy atom. The summed E-state index contributed by atoms with van der Waals surface area (Å²) in [6.45, 7) is 9.33. The summed E-state index contributed by atoms with van der Waals surface area (Å²) in [5.41, 5.74) is 2.48. The first-order valence-corrected chi connectivity index (χ1v) is 15.8. The summed E-state index contributed by atoms with van der Waals surface area (Å²) < 4.78 is 27.0. The van der Waals surface area contributed by atoms with Gasteiger partial charge in [0, 0.05) is 23.5 Å². The van der Waals surface area contributed by atoms with Crippen LogP contribution in [-0.2, 0) is 32.6 Å². The van der Waals surface area contributed by atoms with E-state index < -0.39 is 34.1 Å². The summed E-state index contributed by atoms with van der Waals surface area (Å²) >= 11 is 6.26. The third kappa shape index (κ3) is 9.61. The van der Waals surface area contributed by atoms with E-state index in [4.69, 9.17) is 11.6 Å². The van der Waals surface area contributed by atoms with Crippen molar-refractivity contribution in [2.24, 2.45) is 0 Å². The minimum atomic E-state index is -3.83. The first-order chi connectivity index (χ1) is 19.1. The summed E-state index contributed by atoms with van der Waals surface area (Å²) in [5, 5.41) is 3.51. The number of nitrogens with one attached hydrogen (secondary N) is 1. The zero-order chi connectivity index (χ0) is 30.4. The van der Waals surface area contributed by atoms with Crippen LogP contribution in [0, 0.1) is 0 Å². The monoisotopic (exact) mass is 597 g/mol. The quantitative estimate of drug-likeness (QED) is 0.303. The largest absolute Gasteiger partial charge is 0.350 e. The Kier molecular flexibility index (Phi) is 10.6. The van der Waals surface area contributed by atoms with Crippen molar-refractivity contribution < 1.29 is 18.0 Å². The fourth-order valence-electron chi connectivity index (χ4n) is 4.48. The number of hydrogen-bond acceptors (Lipinski definition) is 4. The predicted molar refractivity (Wildman–Crippen MR) is 167 cm³/mol. The lowest BCUT2D eigenvalue weighted by molar-refractivity contribution is -0.140. The van der Waals surface area contributed by atoms with Gasteiger partial charge in [-0.05, 0) is 67.6 Å². The lowest BCUT2D eigenvalue weighted by Crippen LogP contribution is -2.56. The molecule has 0 radical (unpaired) electrons. The molecule has 220 valence electrons. The van der Waals surface area contributed by atoms with Crippen LogP contribution in [0.4, 0.5) is 5.69 Å². The third-order valence-corrected chi connectivity index (χ3v) is 7.91. The van der Waals surface area contributed by atoms with Gasteiger partial charge >= 0.3 is 0 Å². The van der Waals surface area contributed by atoms with Crippen molar-refractivity contribution >= 4 is 39.1 Å². The van der Waals surface area contributed by atoms with Gasteiger partial charge in [-0.1, -0.05) is 80.0 Å². The molecule has 3 rings (SSSR count). The fourth-order valence-corrected chi connectivity index (χ4v) is 5.54. The summed E-state index contributed by atoms with van der Waals surface area (Å²) in [6.07, 6.45) is 1.32. The number of carbonyl (C=O) groups excluding carboxylic acids is 2. The zero-order valence-electron chi connectivity index (χ0n) is 24.6. The minimum Gasteiger partial charge on any atom is -0.350 e. The van der Waals surface area contributed by atoms with Crippen molar-refractivity contribution in [2.45, 2.75) is 65.1 Å². The number of anilines is 1. The maximum absolute atomic E-state index is 14.1. The second-order valence-electron chi connectivity index (χ2n) is 11.6. The summed E-state index contributed by atoms with van der Waals surface area (Å²) in [7, 11) is -3.83. The van der Waals surface area contributed by atoms with E-state index >= 15 is 0 Å². The van der Waals surface area contributed by atoms with Crippen LogP contribution in [0.3, 0.4) is 0 Å². The molecule has 1 N–H and O–H groups in total. The molecule has 9 heteroatoms. The Bertz CT molecular complexity index is 1440. The maximum atomic E-state index is 14.1. The minimum absolute atomic E-state index is 0.0678. The summed E-state index contributed by atoms with van der Waals surface area (Å²) in [4.78, 5) is 29.4. The smallest absolute Gasteiger partial charge is 0.244 e. The molecule has 41 heavy (non-hydrogen) atoms. The number of carbonyl (C=O) groups is 2. The molecule has 0 saturated carbocycles. The topological polar surface area (TPSA) is 86.8 Å². The molecular weight excluding hydrogens is 558 g/mol. The highest BCUT2D eigenvalue weighted by molar-refractivity contribution is 7.92. The molecule has 2 amide bonds. The van der Waals surface area contributed by atoms with Gasteiger partial charge in [-0.2, -0.15) is 0 Å². The van der Waals surface area contributed by atoms with E-state index in [-0.39, 0.29) is 24.8 Å². The molecule has 1 atom stereocenters. The van der Waals surface area contributed by atoms with Gasteiger partial charge in [-0.25, -0.2) is 8.42 Å². The Labute approximate surface area is 249 Å². The zero-order valence-corrected chi connectivity index (χ0v) is 26.2. The lowest BCUT2D eigenvalue weighted by atomic mass is 10.0. The number of amides is 2. The number of rotatable bonds is 11. The van der Waals surface area contributed by atoms with E-state index in [1.54, 1.807) is 30.3 Å². The fraction of sp³-hybridized carbons (Fsp3) is 0.375. The van der Waals surface area contributed by atoms with E-state index in [1.807, 2.05) is 69.3 Å². The lowest BCUT2D eigenvalue weighted by Gasteiger charge is -2.35. The van der Waals surface area contributed by atoms with Crippen molar-refractivity contribution in [1.29, 1.82) is 0 Å². The highest BCUT2D eigenvalue weighted by Crippen LogP contribution is 2.24. The van der Waals surface area contributed by atoms with Crippen LogP contribution in [-0.4, -0.2) is 49.5 Å². The second-order valence-corrected chi connectivity index (χ2v) is 14.0. The van der Waals surface area contributed by atoms with Crippen LogP contribution >= 0.6 is 11.6 Å². The molecule has 0 fully saturated rings. The molecule has 0 bridgehead atoms. The van der Waals surface area contributed by atoms with E-state index in [9.17, 15) is 18.0 Å². The highest BCUT2D eigenvalue weighted by atomic mass is 35.5. The van der Waals surface area contributed by atoms with Crippen LogP contribution in [0.15, 0.2) is 78.9 Å². The van der Waals surface area contributed by atoms with Crippen LogP contribution < -0.4 is 9.62 Å². The van der Waals surface area contributed by atoms with Crippen molar-refractivity contribution in [1.82, 2.24) is 10.2 Å². The average molecular weight is 598 g/mol. The van der Waals surface area contributed by atoms with Crippen molar-refractivity contribution in [3.05, 3.63) is 101 Å². The Morgan fingerprint density at radius 3 is 2.05 bits per heavy atom. The van der Waals surface area contributed by atoms with Crippen molar-refractivity contribution in [3.63, 3.8) is 0 Å². The molecule has 7 nitrogen and oxygen atoms in total. The van der Waals surface area contributed by atoms with Crippen LogP contribution in [0.2, 0.25) is 5.02 Å². The molecule has 0 spiro atoms. The number of halogens is 1. The van der Waals surface area contributed by atoms with Crippen LogP contribution in [0.25, 0.3) is 0 Å². The summed E-state index contributed by atoms with van der Waals surface area (Å²) in [5.74, 6) is -0.567. The average Bonchev–Trinajstić information content (AvgIpc) is 2.88.